The van der Waals surface area contributed by atoms with Crippen LogP contribution in [-0.4, -0.2) is 36.4 Å². The van der Waals surface area contributed by atoms with Crippen molar-refractivity contribution in [2.75, 3.05) is 26.2 Å². The standard InChI is InChI=1S/C21H22Cl2N4/c22-18-6-7-19(20(23)12-18)21-17(13-24-25-21)15-27-10-8-26(9-11-27)14-16-4-2-1-3-5-16/h1-7,12-13H,8-11,14-15H2,(H,24,25)/p+2. The number of hydrogen-bond donors (Lipinski definition) is 3. The molecule has 2 aromatic carbocycles. The predicted octanol–water partition coefficient (Wildman–Crippen LogP) is 1.87. The normalized spacial score (nSPS) is 19.9. The quantitative estimate of drug-likeness (QED) is 0.598. The van der Waals surface area contributed by atoms with Gasteiger partial charge in [-0.1, -0.05) is 53.5 Å². The lowest BCUT2D eigenvalue weighted by atomic mass is 10.1. The molecule has 0 saturated carbocycles. The van der Waals surface area contributed by atoms with Crippen molar-refractivity contribution in [3.05, 3.63) is 75.9 Å². The molecule has 3 N–H and O–H groups in total. The first-order valence-electron chi connectivity index (χ1n) is 9.38. The van der Waals surface area contributed by atoms with Gasteiger partial charge in [-0.3, -0.25) is 5.10 Å². The highest BCUT2D eigenvalue weighted by Gasteiger charge is 2.24. The molecule has 4 rings (SSSR count). The zero-order valence-corrected chi connectivity index (χ0v) is 16.7. The number of aromatic nitrogens is 2. The van der Waals surface area contributed by atoms with E-state index < -0.39 is 0 Å². The lowest BCUT2D eigenvalue weighted by Gasteiger charge is -2.29. The van der Waals surface area contributed by atoms with Crippen LogP contribution in [0.4, 0.5) is 0 Å². The third-order valence-electron chi connectivity index (χ3n) is 5.32. The van der Waals surface area contributed by atoms with Crippen molar-refractivity contribution in [1.29, 1.82) is 0 Å². The number of rotatable bonds is 5. The van der Waals surface area contributed by atoms with E-state index in [1.807, 2.05) is 18.3 Å². The van der Waals surface area contributed by atoms with Crippen LogP contribution >= 0.6 is 23.2 Å². The Hall–Kier alpha value is -1.85. The van der Waals surface area contributed by atoms with E-state index in [9.17, 15) is 0 Å². The third-order valence-corrected chi connectivity index (χ3v) is 5.87. The maximum absolute atomic E-state index is 6.39. The zero-order chi connectivity index (χ0) is 18.6. The first-order valence-corrected chi connectivity index (χ1v) is 10.1. The average Bonchev–Trinajstić information content (AvgIpc) is 3.12. The monoisotopic (exact) mass is 402 g/mol. The van der Waals surface area contributed by atoms with E-state index in [0.29, 0.717) is 10.0 Å². The van der Waals surface area contributed by atoms with Crippen molar-refractivity contribution < 1.29 is 9.80 Å². The van der Waals surface area contributed by atoms with Gasteiger partial charge in [0.15, 0.2) is 0 Å². The van der Waals surface area contributed by atoms with Crippen LogP contribution in [0.1, 0.15) is 11.1 Å². The minimum Gasteiger partial charge on any atom is -0.322 e. The second-order valence-electron chi connectivity index (χ2n) is 7.23. The molecule has 2 heterocycles. The summed E-state index contributed by atoms with van der Waals surface area (Å²) in [5.74, 6) is 0. The SMILES string of the molecule is Clc1ccc(-c2[nH]ncc2C[NH+]2CC[NH+](Cc3ccccc3)CC2)c(Cl)c1. The number of hydrogen-bond acceptors (Lipinski definition) is 1. The van der Waals surface area contributed by atoms with Gasteiger partial charge in [-0.2, -0.15) is 5.10 Å². The van der Waals surface area contributed by atoms with Gasteiger partial charge in [0.05, 0.1) is 22.5 Å². The number of piperazine rings is 1. The van der Waals surface area contributed by atoms with Gasteiger partial charge in [-0.25, -0.2) is 0 Å². The summed E-state index contributed by atoms with van der Waals surface area (Å²) in [7, 11) is 0. The first kappa shape index (κ1) is 18.5. The largest absolute Gasteiger partial charge is 0.322 e. The van der Waals surface area contributed by atoms with Gasteiger partial charge < -0.3 is 9.80 Å². The highest BCUT2D eigenvalue weighted by molar-refractivity contribution is 6.36. The maximum atomic E-state index is 6.39. The summed E-state index contributed by atoms with van der Waals surface area (Å²) in [5.41, 5.74) is 4.59. The molecular formula is C21H24Cl2N4+2. The summed E-state index contributed by atoms with van der Waals surface area (Å²) in [6.45, 7) is 6.80. The molecule has 0 unspecified atom stereocenters. The Bertz CT molecular complexity index is 886. The van der Waals surface area contributed by atoms with E-state index in [1.165, 1.54) is 37.3 Å². The van der Waals surface area contributed by atoms with Crippen LogP contribution in [0.15, 0.2) is 54.7 Å². The van der Waals surface area contributed by atoms with Gasteiger partial charge in [0, 0.05) is 16.1 Å². The van der Waals surface area contributed by atoms with Crippen LogP contribution in [-0.2, 0) is 13.1 Å². The molecule has 0 radical (unpaired) electrons. The third kappa shape index (κ3) is 4.53. The smallest absolute Gasteiger partial charge is 0.127 e. The molecule has 0 bridgehead atoms. The number of quaternary nitrogens is 2. The van der Waals surface area contributed by atoms with Crippen LogP contribution in [0, 0.1) is 0 Å². The number of aromatic amines is 1. The average molecular weight is 403 g/mol. The van der Waals surface area contributed by atoms with Gasteiger partial charge in [-0.15, -0.1) is 0 Å². The molecular weight excluding hydrogens is 379 g/mol. The second-order valence-corrected chi connectivity index (χ2v) is 8.08. The Morgan fingerprint density at radius 1 is 0.889 bits per heavy atom. The van der Waals surface area contributed by atoms with Crippen molar-refractivity contribution >= 4 is 23.2 Å². The van der Waals surface area contributed by atoms with Crippen LogP contribution < -0.4 is 9.80 Å². The molecule has 1 saturated heterocycles. The summed E-state index contributed by atoms with van der Waals surface area (Å²) >= 11 is 12.4. The summed E-state index contributed by atoms with van der Waals surface area (Å²) in [5, 5.41) is 8.68. The first-order chi connectivity index (χ1) is 13.2. The van der Waals surface area contributed by atoms with Crippen molar-refractivity contribution in [2.24, 2.45) is 0 Å². The van der Waals surface area contributed by atoms with E-state index in [0.717, 1.165) is 24.3 Å². The van der Waals surface area contributed by atoms with Gasteiger partial charge in [0.25, 0.3) is 0 Å². The van der Waals surface area contributed by atoms with E-state index in [1.54, 1.807) is 15.9 Å². The van der Waals surface area contributed by atoms with Crippen LogP contribution in [0.3, 0.4) is 0 Å². The summed E-state index contributed by atoms with van der Waals surface area (Å²) < 4.78 is 0. The Morgan fingerprint density at radius 2 is 1.59 bits per heavy atom. The lowest BCUT2D eigenvalue weighted by molar-refractivity contribution is -1.02. The lowest BCUT2D eigenvalue weighted by Crippen LogP contribution is -3.27. The minimum atomic E-state index is 0.646. The molecule has 1 aliphatic rings. The minimum absolute atomic E-state index is 0.646. The van der Waals surface area contributed by atoms with E-state index in [-0.39, 0.29) is 0 Å². The molecule has 0 spiro atoms. The fourth-order valence-electron chi connectivity index (χ4n) is 3.84. The summed E-state index contributed by atoms with van der Waals surface area (Å²) in [4.78, 5) is 3.26. The molecule has 0 aliphatic carbocycles. The Labute approximate surface area is 169 Å². The van der Waals surface area contributed by atoms with E-state index >= 15 is 0 Å². The van der Waals surface area contributed by atoms with Crippen LogP contribution in [0.25, 0.3) is 11.3 Å². The fraction of sp³-hybridized carbons (Fsp3) is 0.286. The van der Waals surface area contributed by atoms with Gasteiger partial charge in [-0.05, 0) is 18.2 Å². The molecule has 3 aromatic rings. The number of benzene rings is 2. The van der Waals surface area contributed by atoms with Crippen molar-refractivity contribution in [2.45, 2.75) is 13.1 Å². The molecule has 1 aromatic heterocycles. The highest BCUT2D eigenvalue weighted by atomic mass is 35.5. The molecule has 0 atom stereocenters. The van der Waals surface area contributed by atoms with Crippen molar-refractivity contribution in [3.8, 4) is 11.3 Å². The topological polar surface area (TPSA) is 37.6 Å². The van der Waals surface area contributed by atoms with Gasteiger partial charge in [0.1, 0.15) is 39.3 Å². The number of halogens is 2. The molecule has 4 nitrogen and oxygen atoms in total. The predicted molar refractivity (Wildman–Crippen MR) is 109 cm³/mol. The van der Waals surface area contributed by atoms with Gasteiger partial charge in [0.2, 0.25) is 0 Å². The fourth-order valence-corrected chi connectivity index (χ4v) is 4.34. The Morgan fingerprint density at radius 3 is 2.30 bits per heavy atom. The molecule has 27 heavy (non-hydrogen) atoms. The maximum Gasteiger partial charge on any atom is 0.127 e. The molecule has 6 heteroatoms. The molecule has 140 valence electrons. The Balaban J connectivity index is 1.38. The van der Waals surface area contributed by atoms with E-state index in [4.69, 9.17) is 23.2 Å². The number of nitrogens with one attached hydrogen (secondary N) is 3. The highest BCUT2D eigenvalue weighted by Crippen LogP contribution is 2.30. The van der Waals surface area contributed by atoms with Crippen molar-refractivity contribution in [3.63, 3.8) is 0 Å². The van der Waals surface area contributed by atoms with Crippen molar-refractivity contribution in [1.82, 2.24) is 10.2 Å². The number of H-pyrrole nitrogens is 1. The summed E-state index contributed by atoms with van der Waals surface area (Å²) in [6, 6.07) is 16.4. The Kier molecular flexibility index (Phi) is 5.79. The molecule has 1 aliphatic heterocycles. The number of nitrogens with zero attached hydrogens (tertiary/aromatic N) is 1. The zero-order valence-electron chi connectivity index (χ0n) is 15.1. The van der Waals surface area contributed by atoms with Crippen LogP contribution in [0.2, 0.25) is 10.0 Å². The summed E-state index contributed by atoms with van der Waals surface area (Å²) in [6.07, 6.45) is 1.93. The van der Waals surface area contributed by atoms with E-state index in [2.05, 4.69) is 40.5 Å². The molecule has 0 amide bonds. The molecule has 1 fully saturated rings. The van der Waals surface area contributed by atoms with Gasteiger partial charge >= 0.3 is 0 Å². The second kappa shape index (κ2) is 8.44. The van der Waals surface area contributed by atoms with Crippen LogP contribution in [0.5, 0.6) is 0 Å².